The Labute approximate surface area is 127 Å². The third-order valence-corrected chi connectivity index (χ3v) is 4.53. The Morgan fingerprint density at radius 3 is 2.86 bits per heavy atom. The van der Waals surface area contributed by atoms with Crippen LogP contribution < -0.4 is 11.1 Å². The number of para-hydroxylation sites is 1. The molecule has 1 heterocycles. The minimum Gasteiger partial charge on any atom is -0.326 e. The average molecular weight is 289 g/mol. The topological polar surface area (TPSA) is 58.4 Å². The summed E-state index contributed by atoms with van der Waals surface area (Å²) in [6.45, 7) is 5.78. The maximum atomic E-state index is 12.2. The van der Waals surface area contributed by atoms with E-state index in [-0.39, 0.29) is 5.91 Å². The maximum absolute atomic E-state index is 12.2. The Morgan fingerprint density at radius 1 is 1.38 bits per heavy atom. The van der Waals surface area contributed by atoms with Crippen molar-refractivity contribution >= 4 is 11.6 Å². The molecule has 21 heavy (non-hydrogen) atoms. The summed E-state index contributed by atoms with van der Waals surface area (Å²) in [5.41, 5.74) is 7.51. The van der Waals surface area contributed by atoms with Crippen LogP contribution in [0.4, 0.5) is 5.69 Å². The highest BCUT2D eigenvalue weighted by molar-refractivity contribution is 5.91. The van der Waals surface area contributed by atoms with Crippen LogP contribution in [0.1, 0.15) is 45.1 Å². The van der Waals surface area contributed by atoms with Gasteiger partial charge in [-0.25, -0.2) is 0 Å². The van der Waals surface area contributed by atoms with Gasteiger partial charge in [-0.05, 0) is 37.8 Å². The SMILES string of the molecule is CCC1CCC(C)N1CCC(=O)Nc1ccccc1CN. The standard InChI is InChI=1S/C17H27N3O/c1-3-15-9-8-13(2)20(15)11-10-17(21)19-16-7-5-4-6-14(16)12-18/h4-7,13,15H,3,8-12,18H2,1-2H3,(H,19,21). The quantitative estimate of drug-likeness (QED) is 0.846. The molecule has 0 aromatic heterocycles. The molecule has 1 aromatic carbocycles. The minimum atomic E-state index is 0.0739. The fraction of sp³-hybridized carbons (Fsp3) is 0.588. The van der Waals surface area contributed by atoms with Gasteiger partial charge in [0, 0.05) is 37.3 Å². The van der Waals surface area contributed by atoms with Crippen LogP contribution in [0.25, 0.3) is 0 Å². The minimum absolute atomic E-state index is 0.0739. The van der Waals surface area contributed by atoms with E-state index in [4.69, 9.17) is 5.73 Å². The third kappa shape index (κ3) is 4.05. The summed E-state index contributed by atoms with van der Waals surface area (Å²) in [4.78, 5) is 14.6. The first-order chi connectivity index (χ1) is 10.2. The summed E-state index contributed by atoms with van der Waals surface area (Å²) in [6.07, 6.45) is 4.22. The third-order valence-electron chi connectivity index (χ3n) is 4.53. The molecule has 4 heteroatoms. The summed E-state index contributed by atoms with van der Waals surface area (Å²) in [5, 5.41) is 2.99. The lowest BCUT2D eigenvalue weighted by Crippen LogP contribution is -2.36. The van der Waals surface area contributed by atoms with Crippen LogP contribution in [0.2, 0.25) is 0 Å². The molecule has 1 saturated heterocycles. The van der Waals surface area contributed by atoms with Gasteiger partial charge in [-0.1, -0.05) is 25.1 Å². The molecule has 0 bridgehead atoms. The molecule has 3 N–H and O–H groups in total. The molecule has 1 amide bonds. The Hall–Kier alpha value is -1.39. The Morgan fingerprint density at radius 2 is 2.14 bits per heavy atom. The number of hydrogen-bond donors (Lipinski definition) is 2. The van der Waals surface area contributed by atoms with E-state index in [9.17, 15) is 4.79 Å². The van der Waals surface area contributed by atoms with Crippen molar-refractivity contribution in [2.24, 2.45) is 5.73 Å². The van der Waals surface area contributed by atoms with Crippen LogP contribution in [0.15, 0.2) is 24.3 Å². The van der Waals surface area contributed by atoms with Crippen molar-refractivity contribution in [1.82, 2.24) is 4.90 Å². The number of amides is 1. The van der Waals surface area contributed by atoms with Gasteiger partial charge < -0.3 is 11.1 Å². The van der Waals surface area contributed by atoms with Crippen LogP contribution in [-0.4, -0.2) is 29.4 Å². The van der Waals surface area contributed by atoms with Crippen molar-refractivity contribution in [2.45, 2.75) is 58.2 Å². The highest BCUT2D eigenvalue weighted by Gasteiger charge is 2.29. The Bertz CT molecular complexity index is 475. The van der Waals surface area contributed by atoms with E-state index in [1.807, 2.05) is 24.3 Å². The number of likely N-dealkylation sites (tertiary alicyclic amines) is 1. The second-order valence-electron chi connectivity index (χ2n) is 5.89. The van der Waals surface area contributed by atoms with Crippen molar-refractivity contribution in [3.05, 3.63) is 29.8 Å². The fourth-order valence-corrected chi connectivity index (χ4v) is 3.23. The van der Waals surface area contributed by atoms with Gasteiger partial charge in [0.15, 0.2) is 0 Å². The molecule has 0 saturated carbocycles. The molecule has 1 fully saturated rings. The molecule has 2 unspecified atom stereocenters. The van der Waals surface area contributed by atoms with Crippen molar-refractivity contribution < 1.29 is 4.79 Å². The van der Waals surface area contributed by atoms with Gasteiger partial charge in [-0.3, -0.25) is 9.69 Å². The van der Waals surface area contributed by atoms with Gasteiger partial charge in [0.1, 0.15) is 0 Å². The van der Waals surface area contributed by atoms with Crippen LogP contribution in [-0.2, 0) is 11.3 Å². The summed E-state index contributed by atoms with van der Waals surface area (Å²) in [7, 11) is 0. The molecule has 4 nitrogen and oxygen atoms in total. The highest BCUT2D eigenvalue weighted by Crippen LogP contribution is 2.26. The predicted molar refractivity (Wildman–Crippen MR) is 87.1 cm³/mol. The lowest BCUT2D eigenvalue weighted by molar-refractivity contribution is -0.116. The van der Waals surface area contributed by atoms with Crippen molar-refractivity contribution in [2.75, 3.05) is 11.9 Å². The number of nitrogens with two attached hydrogens (primary N) is 1. The Balaban J connectivity index is 1.87. The molecular weight excluding hydrogens is 262 g/mol. The molecule has 0 spiro atoms. The normalized spacial score (nSPS) is 22.4. The van der Waals surface area contributed by atoms with Gasteiger partial charge in [-0.15, -0.1) is 0 Å². The van der Waals surface area contributed by atoms with Crippen LogP contribution >= 0.6 is 0 Å². The Kier molecular flexibility index (Phi) is 5.76. The molecule has 0 radical (unpaired) electrons. The van der Waals surface area contributed by atoms with E-state index in [1.54, 1.807) is 0 Å². The molecule has 1 aliphatic rings. The van der Waals surface area contributed by atoms with E-state index in [0.29, 0.717) is 25.0 Å². The molecule has 116 valence electrons. The summed E-state index contributed by atoms with van der Waals surface area (Å²) in [5.74, 6) is 0.0739. The van der Waals surface area contributed by atoms with Gasteiger partial charge in [-0.2, -0.15) is 0 Å². The van der Waals surface area contributed by atoms with Crippen LogP contribution in [0, 0.1) is 0 Å². The molecule has 1 aromatic rings. The number of carbonyl (C=O) groups excluding carboxylic acids is 1. The molecule has 0 aliphatic carbocycles. The zero-order valence-corrected chi connectivity index (χ0v) is 13.1. The number of hydrogen-bond acceptors (Lipinski definition) is 3. The number of nitrogens with zero attached hydrogens (tertiary/aromatic N) is 1. The van der Waals surface area contributed by atoms with E-state index < -0.39 is 0 Å². The first-order valence-corrected chi connectivity index (χ1v) is 7.99. The summed E-state index contributed by atoms with van der Waals surface area (Å²) >= 11 is 0. The van der Waals surface area contributed by atoms with Crippen molar-refractivity contribution in [3.63, 3.8) is 0 Å². The van der Waals surface area contributed by atoms with Gasteiger partial charge in [0.2, 0.25) is 5.91 Å². The van der Waals surface area contributed by atoms with Crippen molar-refractivity contribution in [1.29, 1.82) is 0 Å². The van der Waals surface area contributed by atoms with Gasteiger partial charge in [0.05, 0.1) is 0 Å². The van der Waals surface area contributed by atoms with E-state index in [0.717, 1.165) is 17.8 Å². The zero-order valence-electron chi connectivity index (χ0n) is 13.1. The zero-order chi connectivity index (χ0) is 15.2. The number of benzene rings is 1. The van der Waals surface area contributed by atoms with E-state index in [1.165, 1.54) is 19.3 Å². The first-order valence-electron chi connectivity index (χ1n) is 7.99. The lowest BCUT2D eigenvalue weighted by Gasteiger charge is -2.27. The largest absolute Gasteiger partial charge is 0.326 e. The number of anilines is 1. The van der Waals surface area contributed by atoms with Gasteiger partial charge in [0.25, 0.3) is 0 Å². The summed E-state index contributed by atoms with van der Waals surface area (Å²) < 4.78 is 0. The number of nitrogens with one attached hydrogen (secondary N) is 1. The monoisotopic (exact) mass is 289 g/mol. The lowest BCUT2D eigenvalue weighted by atomic mass is 10.1. The molecule has 1 aliphatic heterocycles. The molecule has 2 rings (SSSR count). The van der Waals surface area contributed by atoms with Crippen LogP contribution in [0.5, 0.6) is 0 Å². The van der Waals surface area contributed by atoms with E-state index >= 15 is 0 Å². The fourth-order valence-electron chi connectivity index (χ4n) is 3.23. The second kappa shape index (κ2) is 7.57. The molecule has 2 atom stereocenters. The second-order valence-corrected chi connectivity index (χ2v) is 5.89. The van der Waals surface area contributed by atoms with Crippen LogP contribution in [0.3, 0.4) is 0 Å². The smallest absolute Gasteiger partial charge is 0.225 e. The first kappa shape index (κ1) is 16.0. The maximum Gasteiger partial charge on any atom is 0.225 e. The van der Waals surface area contributed by atoms with Crippen molar-refractivity contribution in [3.8, 4) is 0 Å². The van der Waals surface area contributed by atoms with E-state index in [2.05, 4.69) is 24.1 Å². The molecular formula is C17H27N3O. The number of rotatable bonds is 6. The van der Waals surface area contributed by atoms with Gasteiger partial charge >= 0.3 is 0 Å². The highest BCUT2D eigenvalue weighted by atomic mass is 16.1. The average Bonchev–Trinajstić information content (AvgIpc) is 2.86. The number of carbonyl (C=O) groups is 1. The predicted octanol–water partition coefficient (Wildman–Crippen LogP) is 2.74. The summed E-state index contributed by atoms with van der Waals surface area (Å²) in [6, 6.07) is 8.96.